The Labute approximate surface area is 84.1 Å². The molecular weight excluding hydrogens is 296 g/mol. The third-order valence-electron chi connectivity index (χ3n) is 0.866. The molecule has 0 unspecified atom stereocenters. The molecule has 0 atom stereocenters. The van der Waals surface area contributed by atoms with Crippen LogP contribution in [0.2, 0.25) is 0 Å². The normalized spacial score (nSPS) is 10.7. The zero-order valence-corrected chi connectivity index (χ0v) is 11.0. The second-order valence-electron chi connectivity index (χ2n) is 2.56. The van der Waals surface area contributed by atoms with Gasteiger partial charge in [-0.2, -0.15) is 0 Å². The Bertz CT molecular complexity index is 155. The van der Waals surface area contributed by atoms with Gasteiger partial charge in [-0.3, -0.25) is 0 Å². The highest BCUT2D eigenvalue weighted by Gasteiger charge is 1.87. The molecule has 0 saturated heterocycles. The molecule has 0 rings (SSSR count). The number of halogens is 2. The van der Waals surface area contributed by atoms with Crippen molar-refractivity contribution in [3.8, 4) is 0 Å². The van der Waals surface area contributed by atoms with Crippen LogP contribution in [0, 0.1) is 5.92 Å². The standard InChI is InChI=1S/C6H14.Br2O2S/c1-4-5-6(2)3;1-5(2,3)4/h6H,4-5H2,1-3H3;. The van der Waals surface area contributed by atoms with E-state index in [0.29, 0.717) is 0 Å². The number of rotatable bonds is 2. The van der Waals surface area contributed by atoms with Crippen LogP contribution >= 0.6 is 29.6 Å². The maximum Gasteiger partial charge on any atom is 0.268 e. The highest BCUT2D eigenvalue weighted by molar-refractivity contribution is 9.79. The van der Waals surface area contributed by atoms with Gasteiger partial charge in [0.2, 0.25) is 0 Å². The largest absolute Gasteiger partial charge is 0.268 e. The molecule has 0 aliphatic carbocycles. The van der Waals surface area contributed by atoms with E-state index in [2.05, 4.69) is 50.4 Å². The van der Waals surface area contributed by atoms with E-state index < -0.39 is 6.70 Å². The lowest BCUT2D eigenvalue weighted by molar-refractivity contribution is 0.576. The topological polar surface area (TPSA) is 34.1 Å². The van der Waals surface area contributed by atoms with Gasteiger partial charge in [-0.05, 0) is 5.92 Å². The third-order valence-corrected chi connectivity index (χ3v) is 0.866. The van der Waals surface area contributed by atoms with Crippen molar-refractivity contribution in [3.05, 3.63) is 0 Å². The number of hydrogen-bond acceptors (Lipinski definition) is 2. The Morgan fingerprint density at radius 1 is 1.27 bits per heavy atom. The summed E-state index contributed by atoms with van der Waals surface area (Å²) in [5.74, 6) is 0.898. The van der Waals surface area contributed by atoms with Crippen molar-refractivity contribution in [1.29, 1.82) is 0 Å². The van der Waals surface area contributed by atoms with Gasteiger partial charge in [0.1, 0.15) is 0 Å². The highest BCUT2D eigenvalue weighted by Crippen LogP contribution is 2.06. The first kappa shape index (κ1) is 14.4. The number of hydrogen-bond donors (Lipinski definition) is 0. The molecule has 5 heteroatoms. The van der Waals surface area contributed by atoms with Crippen LogP contribution in [-0.2, 0) is 6.70 Å². The summed E-state index contributed by atoms with van der Waals surface area (Å²) in [6, 6.07) is 0. The molecule has 0 aliphatic rings. The maximum atomic E-state index is 9.47. The van der Waals surface area contributed by atoms with Gasteiger partial charge in [-0.15, -0.1) is 0 Å². The summed E-state index contributed by atoms with van der Waals surface area (Å²) in [5, 5.41) is 0. The smallest absolute Gasteiger partial charge is 0.205 e. The van der Waals surface area contributed by atoms with Crippen LogP contribution < -0.4 is 0 Å². The molecule has 0 aromatic rings. The van der Waals surface area contributed by atoms with E-state index in [9.17, 15) is 8.42 Å². The molecule has 70 valence electrons. The van der Waals surface area contributed by atoms with Gasteiger partial charge in [-0.25, -0.2) is 8.42 Å². The fourth-order valence-electron chi connectivity index (χ4n) is 0.577. The van der Waals surface area contributed by atoms with Gasteiger partial charge in [0.25, 0.3) is 6.70 Å². The second-order valence-corrected chi connectivity index (χ2v) is 11.0. The third kappa shape index (κ3) is 56.7. The zero-order valence-electron chi connectivity index (χ0n) is 6.97. The zero-order chi connectivity index (χ0) is 9.49. The summed E-state index contributed by atoms with van der Waals surface area (Å²) in [5.41, 5.74) is 0. The van der Waals surface area contributed by atoms with Gasteiger partial charge >= 0.3 is 0 Å². The van der Waals surface area contributed by atoms with E-state index in [1.807, 2.05) is 0 Å². The van der Waals surface area contributed by atoms with Gasteiger partial charge in [0, 0.05) is 0 Å². The average Bonchev–Trinajstić information content (AvgIpc) is 1.58. The molecule has 0 radical (unpaired) electrons. The molecule has 0 aromatic heterocycles. The molecule has 0 fully saturated rings. The predicted molar refractivity (Wildman–Crippen MR) is 56.5 cm³/mol. The highest BCUT2D eigenvalue weighted by atomic mass is 79.9. The SMILES string of the molecule is CCCC(C)C.O=S(=O)(Br)Br. The van der Waals surface area contributed by atoms with Gasteiger partial charge < -0.3 is 0 Å². The van der Waals surface area contributed by atoms with E-state index in [-0.39, 0.29) is 0 Å². The molecule has 0 N–H and O–H groups in total. The minimum atomic E-state index is -3.04. The van der Waals surface area contributed by atoms with Crippen molar-refractivity contribution in [2.24, 2.45) is 5.92 Å². The van der Waals surface area contributed by atoms with Crippen LogP contribution in [0.3, 0.4) is 0 Å². The Balaban J connectivity index is 0. The van der Waals surface area contributed by atoms with Crippen LogP contribution in [0.1, 0.15) is 33.6 Å². The van der Waals surface area contributed by atoms with Crippen molar-refractivity contribution in [2.45, 2.75) is 33.6 Å². The second kappa shape index (κ2) is 7.55. The molecule has 0 aliphatic heterocycles. The molecule has 2 nitrogen and oxygen atoms in total. The quantitative estimate of drug-likeness (QED) is 0.732. The van der Waals surface area contributed by atoms with Gasteiger partial charge in [-0.1, -0.05) is 33.6 Å². The summed E-state index contributed by atoms with van der Waals surface area (Å²) in [6.07, 6.45) is 2.71. The average molecular weight is 310 g/mol. The Kier molecular flexibility index (Phi) is 9.91. The molecule has 11 heavy (non-hydrogen) atoms. The van der Waals surface area contributed by atoms with E-state index in [0.717, 1.165) is 5.92 Å². The predicted octanol–water partition coefficient (Wildman–Crippen LogP) is 3.46. The lowest BCUT2D eigenvalue weighted by Gasteiger charge is -1.95. The van der Waals surface area contributed by atoms with Crippen molar-refractivity contribution >= 4 is 36.3 Å². The van der Waals surface area contributed by atoms with E-state index in [1.165, 1.54) is 12.8 Å². The molecule has 0 aromatic carbocycles. The summed E-state index contributed by atoms with van der Waals surface area (Å²) in [7, 11) is 0. The first-order valence-electron chi connectivity index (χ1n) is 3.41. The summed E-state index contributed by atoms with van der Waals surface area (Å²) < 4.78 is 18.9. The van der Waals surface area contributed by atoms with E-state index in [1.54, 1.807) is 0 Å². The Morgan fingerprint density at radius 3 is 1.55 bits per heavy atom. The summed E-state index contributed by atoms with van der Waals surface area (Å²) >= 11 is 4.53. The summed E-state index contributed by atoms with van der Waals surface area (Å²) in [4.78, 5) is 0. The molecule has 0 spiro atoms. The first-order valence-corrected chi connectivity index (χ1v) is 8.58. The van der Waals surface area contributed by atoms with Crippen LogP contribution in [0.5, 0.6) is 0 Å². The molecule has 0 saturated carbocycles. The lowest BCUT2D eigenvalue weighted by atomic mass is 10.1. The van der Waals surface area contributed by atoms with Crippen LogP contribution in [0.25, 0.3) is 0 Å². The summed E-state index contributed by atoms with van der Waals surface area (Å²) in [6.45, 7) is 3.69. The Morgan fingerprint density at radius 2 is 1.55 bits per heavy atom. The fraction of sp³-hybridized carbons (Fsp3) is 1.00. The minimum Gasteiger partial charge on any atom is -0.205 e. The molecule has 0 heterocycles. The van der Waals surface area contributed by atoms with E-state index >= 15 is 0 Å². The van der Waals surface area contributed by atoms with Crippen molar-refractivity contribution in [1.82, 2.24) is 0 Å². The minimum absolute atomic E-state index is 0.898. The van der Waals surface area contributed by atoms with Crippen molar-refractivity contribution in [3.63, 3.8) is 0 Å². The molecule has 0 amide bonds. The molecular formula is C6H14Br2O2S. The van der Waals surface area contributed by atoms with E-state index in [4.69, 9.17) is 0 Å². The van der Waals surface area contributed by atoms with Crippen LogP contribution in [0.4, 0.5) is 0 Å². The van der Waals surface area contributed by atoms with Crippen LogP contribution in [0.15, 0.2) is 0 Å². The van der Waals surface area contributed by atoms with Crippen molar-refractivity contribution in [2.75, 3.05) is 0 Å². The van der Waals surface area contributed by atoms with Gasteiger partial charge in [0.15, 0.2) is 0 Å². The van der Waals surface area contributed by atoms with Gasteiger partial charge in [0.05, 0.1) is 29.6 Å². The lowest BCUT2D eigenvalue weighted by Crippen LogP contribution is -1.81. The Hall–Kier alpha value is 0.910. The fourth-order valence-corrected chi connectivity index (χ4v) is 0.577. The van der Waals surface area contributed by atoms with Crippen molar-refractivity contribution < 1.29 is 8.42 Å². The molecule has 0 bridgehead atoms. The monoisotopic (exact) mass is 308 g/mol. The maximum absolute atomic E-state index is 9.47. The van der Waals surface area contributed by atoms with Crippen LogP contribution in [-0.4, -0.2) is 8.42 Å². The first-order chi connectivity index (χ1) is 4.77.